The fourth-order valence-electron chi connectivity index (χ4n) is 0.931. The molecule has 8 heteroatoms. The van der Waals surface area contributed by atoms with E-state index in [1.807, 2.05) is 0 Å². The van der Waals surface area contributed by atoms with Gasteiger partial charge in [0.2, 0.25) is 5.88 Å². The molecule has 0 spiro atoms. The summed E-state index contributed by atoms with van der Waals surface area (Å²) in [5.74, 6) is -2.03. The van der Waals surface area contributed by atoms with E-state index in [4.69, 9.17) is 16.6 Å². The third-order valence-electron chi connectivity index (χ3n) is 1.62. The van der Waals surface area contributed by atoms with Gasteiger partial charge in [0, 0.05) is 0 Å². The molecule has 1 heterocycles. The zero-order chi connectivity index (χ0) is 12.3. The lowest BCUT2D eigenvalue weighted by Gasteiger charge is -2.09. The summed E-state index contributed by atoms with van der Waals surface area (Å²) in [4.78, 5) is 14.2. The molecule has 0 saturated heterocycles. The monoisotopic (exact) mass is 233 g/mol. The molecule has 0 radical (unpaired) electrons. The molecule has 0 bridgehead atoms. The van der Waals surface area contributed by atoms with Gasteiger partial charge in [-0.1, -0.05) is 0 Å². The van der Waals surface area contributed by atoms with Crippen molar-refractivity contribution in [3.63, 3.8) is 0 Å². The number of alkyl halides is 2. The Bertz CT molecular complexity index is 412. The maximum absolute atomic E-state index is 11.9. The molecule has 1 aromatic heterocycles. The van der Waals surface area contributed by atoms with Crippen molar-refractivity contribution in [2.45, 2.75) is 6.43 Å². The second-order valence-electron chi connectivity index (χ2n) is 2.82. The van der Waals surface area contributed by atoms with Crippen molar-refractivity contribution in [1.29, 1.82) is 0 Å². The van der Waals surface area contributed by atoms with Crippen LogP contribution in [0.15, 0.2) is 6.07 Å². The third kappa shape index (κ3) is 2.69. The second kappa shape index (κ2) is 4.60. The van der Waals surface area contributed by atoms with Crippen molar-refractivity contribution in [2.75, 3.05) is 18.1 Å². The predicted octanol–water partition coefficient (Wildman–Crippen LogP) is 0.588. The average Bonchev–Trinajstić information content (AvgIpc) is 2.18. The maximum atomic E-state index is 11.9. The summed E-state index contributed by atoms with van der Waals surface area (Å²) in [6.07, 6.45) is -2.73. The molecule has 0 fully saturated rings. The molecule has 0 aliphatic carbocycles. The molecule has 1 rings (SSSR count). The topological polar surface area (TPSA) is 111 Å². The van der Waals surface area contributed by atoms with Crippen LogP contribution in [0.1, 0.15) is 10.4 Å². The number of ether oxygens (including phenoxy) is 1. The Kier molecular flexibility index (Phi) is 3.44. The van der Waals surface area contributed by atoms with Gasteiger partial charge in [0.1, 0.15) is 5.56 Å². The van der Waals surface area contributed by atoms with Crippen molar-refractivity contribution in [2.24, 2.45) is 0 Å². The maximum Gasteiger partial charge on any atom is 0.341 e. The number of carbonyl (C=O) groups is 1. The summed E-state index contributed by atoms with van der Waals surface area (Å²) in [7, 11) is 0. The minimum Gasteiger partial charge on any atom is -0.477 e. The van der Waals surface area contributed by atoms with E-state index in [0.29, 0.717) is 0 Å². The molecule has 0 amide bonds. The van der Waals surface area contributed by atoms with Gasteiger partial charge in [-0.05, 0) is 6.07 Å². The highest BCUT2D eigenvalue weighted by atomic mass is 19.3. The number of nitrogens with two attached hydrogens (primary N) is 2. The number of pyridine rings is 1. The summed E-state index contributed by atoms with van der Waals surface area (Å²) >= 11 is 0. The lowest BCUT2D eigenvalue weighted by Crippen LogP contribution is -2.13. The normalized spacial score (nSPS) is 10.4. The second-order valence-corrected chi connectivity index (χ2v) is 2.82. The minimum absolute atomic E-state index is 0.0539. The summed E-state index contributed by atoms with van der Waals surface area (Å²) in [5.41, 5.74) is 10.2. The number of hydrogen-bond acceptors (Lipinski definition) is 5. The molecular weight excluding hydrogens is 224 g/mol. The lowest BCUT2D eigenvalue weighted by molar-refractivity contribution is 0.0657. The Morgan fingerprint density at radius 1 is 1.56 bits per heavy atom. The molecule has 5 N–H and O–H groups in total. The van der Waals surface area contributed by atoms with Crippen molar-refractivity contribution in [3.05, 3.63) is 11.6 Å². The molecule has 0 atom stereocenters. The van der Waals surface area contributed by atoms with Crippen LogP contribution in [-0.2, 0) is 0 Å². The number of anilines is 2. The van der Waals surface area contributed by atoms with Crippen molar-refractivity contribution >= 4 is 17.5 Å². The Balaban J connectivity index is 3.05. The van der Waals surface area contributed by atoms with Crippen LogP contribution in [0.25, 0.3) is 0 Å². The van der Waals surface area contributed by atoms with Gasteiger partial charge < -0.3 is 21.3 Å². The lowest BCUT2D eigenvalue weighted by atomic mass is 10.2. The first-order valence-corrected chi connectivity index (χ1v) is 4.12. The number of halogens is 2. The molecule has 88 valence electrons. The van der Waals surface area contributed by atoms with Crippen LogP contribution >= 0.6 is 0 Å². The quantitative estimate of drug-likeness (QED) is 0.701. The first-order chi connectivity index (χ1) is 7.41. The Hall–Kier alpha value is -2.12. The number of nitrogens with zero attached hydrogens (tertiary/aromatic N) is 1. The van der Waals surface area contributed by atoms with Crippen molar-refractivity contribution in [1.82, 2.24) is 4.98 Å². The Morgan fingerprint density at radius 3 is 2.69 bits per heavy atom. The van der Waals surface area contributed by atoms with Crippen LogP contribution in [-0.4, -0.2) is 29.1 Å². The summed E-state index contributed by atoms with van der Waals surface area (Å²) in [6, 6.07) is 1.01. The molecule has 0 unspecified atom stereocenters. The summed E-state index contributed by atoms with van der Waals surface area (Å²) < 4.78 is 28.3. The van der Waals surface area contributed by atoms with E-state index in [1.165, 1.54) is 0 Å². The molecule has 1 aromatic rings. The zero-order valence-corrected chi connectivity index (χ0v) is 7.98. The summed E-state index contributed by atoms with van der Waals surface area (Å²) in [6.45, 7) is -0.962. The van der Waals surface area contributed by atoms with Gasteiger partial charge in [-0.15, -0.1) is 0 Å². The van der Waals surface area contributed by atoms with E-state index >= 15 is 0 Å². The van der Waals surface area contributed by atoms with Gasteiger partial charge >= 0.3 is 5.97 Å². The zero-order valence-electron chi connectivity index (χ0n) is 7.98. The predicted molar refractivity (Wildman–Crippen MR) is 51.5 cm³/mol. The number of aromatic carboxylic acids is 1. The van der Waals surface area contributed by atoms with Crippen LogP contribution in [0, 0.1) is 0 Å². The number of hydrogen-bond donors (Lipinski definition) is 3. The summed E-state index contributed by atoms with van der Waals surface area (Å²) in [5, 5.41) is 8.74. The average molecular weight is 233 g/mol. The fourth-order valence-corrected chi connectivity index (χ4v) is 0.931. The van der Waals surface area contributed by atoms with Crippen molar-refractivity contribution in [3.8, 4) is 5.88 Å². The Morgan fingerprint density at radius 2 is 2.19 bits per heavy atom. The molecule has 0 saturated carbocycles. The van der Waals surface area contributed by atoms with Crippen LogP contribution in [0.2, 0.25) is 0 Å². The van der Waals surface area contributed by atoms with Crippen LogP contribution in [0.5, 0.6) is 5.88 Å². The van der Waals surface area contributed by atoms with Crippen LogP contribution < -0.4 is 16.2 Å². The molecule has 6 nitrogen and oxygen atoms in total. The molecule has 16 heavy (non-hydrogen) atoms. The molecule has 0 aromatic carbocycles. The van der Waals surface area contributed by atoms with Crippen LogP contribution in [0.4, 0.5) is 20.3 Å². The van der Waals surface area contributed by atoms with Crippen LogP contribution in [0.3, 0.4) is 0 Å². The van der Waals surface area contributed by atoms with E-state index in [2.05, 4.69) is 9.72 Å². The SMILES string of the molecule is Nc1cc(C(=O)O)c(OCC(F)F)nc1N. The first kappa shape index (κ1) is 12.0. The first-order valence-electron chi connectivity index (χ1n) is 4.12. The number of carboxylic acid groups (broad SMARTS) is 1. The number of nitrogen functional groups attached to an aromatic ring is 2. The highest BCUT2D eigenvalue weighted by molar-refractivity contribution is 5.92. The van der Waals surface area contributed by atoms with Crippen molar-refractivity contribution < 1.29 is 23.4 Å². The molecular formula is C8H9F2N3O3. The smallest absolute Gasteiger partial charge is 0.341 e. The minimum atomic E-state index is -2.73. The fraction of sp³-hybridized carbons (Fsp3) is 0.250. The largest absolute Gasteiger partial charge is 0.477 e. The standard InChI is InChI=1S/C8H9F2N3O3/c9-5(10)2-16-7-3(8(14)15)1-4(11)6(12)13-7/h1,5H,2,11H2,(H2,12,13)(H,14,15). The van der Waals surface area contributed by atoms with E-state index < -0.39 is 30.4 Å². The van der Waals surface area contributed by atoms with E-state index in [-0.39, 0.29) is 11.5 Å². The Labute approximate surface area is 88.8 Å². The van der Waals surface area contributed by atoms with Gasteiger partial charge in [0.15, 0.2) is 12.4 Å². The van der Waals surface area contributed by atoms with Gasteiger partial charge in [-0.3, -0.25) is 0 Å². The highest BCUT2D eigenvalue weighted by Gasteiger charge is 2.17. The third-order valence-corrected chi connectivity index (χ3v) is 1.62. The van der Waals surface area contributed by atoms with Gasteiger partial charge in [0.05, 0.1) is 5.69 Å². The number of aromatic nitrogens is 1. The van der Waals surface area contributed by atoms with E-state index in [1.54, 1.807) is 0 Å². The van der Waals surface area contributed by atoms with E-state index in [9.17, 15) is 13.6 Å². The van der Waals surface area contributed by atoms with Gasteiger partial charge in [-0.25, -0.2) is 13.6 Å². The van der Waals surface area contributed by atoms with Gasteiger partial charge in [0.25, 0.3) is 6.43 Å². The molecule has 0 aliphatic rings. The van der Waals surface area contributed by atoms with Gasteiger partial charge in [-0.2, -0.15) is 4.98 Å². The molecule has 0 aliphatic heterocycles. The highest BCUT2D eigenvalue weighted by Crippen LogP contribution is 2.23. The number of rotatable bonds is 4. The number of carboxylic acids is 1. The van der Waals surface area contributed by atoms with E-state index in [0.717, 1.165) is 6.07 Å².